The fraction of sp³-hybridized carbons (Fsp3) is 0.579. The van der Waals surface area contributed by atoms with E-state index in [1.54, 1.807) is 51.1 Å². The van der Waals surface area contributed by atoms with Gasteiger partial charge in [-0.15, -0.1) is 0 Å². The minimum atomic E-state index is -4.38. The second-order valence-electron chi connectivity index (χ2n) is 7.81. The van der Waals surface area contributed by atoms with E-state index in [1.807, 2.05) is 18.6 Å². The van der Waals surface area contributed by atoms with Crippen LogP contribution in [-0.4, -0.2) is 43.5 Å². The van der Waals surface area contributed by atoms with Crippen molar-refractivity contribution in [2.75, 3.05) is 7.11 Å². The van der Waals surface area contributed by atoms with Crippen molar-refractivity contribution in [2.45, 2.75) is 59.2 Å². The lowest BCUT2D eigenvalue weighted by molar-refractivity contribution is -0.145. The Hall–Kier alpha value is -2.13. The molecular formula is C19H30N2O6S. The molecule has 1 unspecified atom stereocenters. The monoisotopic (exact) mass is 414 g/mol. The summed E-state index contributed by atoms with van der Waals surface area (Å²) in [4.78, 5) is 24.4. The van der Waals surface area contributed by atoms with Gasteiger partial charge in [0.25, 0.3) is 0 Å². The van der Waals surface area contributed by atoms with Crippen LogP contribution < -0.4 is 4.72 Å². The molecule has 0 saturated heterocycles. The fourth-order valence-electron chi connectivity index (χ4n) is 2.50. The highest BCUT2D eigenvalue weighted by atomic mass is 32.2. The quantitative estimate of drug-likeness (QED) is 0.656. The number of rotatable bonds is 8. The maximum Gasteiger partial charge on any atom is 0.422 e. The highest BCUT2D eigenvalue weighted by Gasteiger charge is 2.38. The van der Waals surface area contributed by atoms with Crippen LogP contribution >= 0.6 is 0 Å². The van der Waals surface area contributed by atoms with Crippen LogP contribution in [0.1, 0.15) is 46.6 Å². The second kappa shape index (κ2) is 9.88. The summed E-state index contributed by atoms with van der Waals surface area (Å²) < 4.78 is 38.7. The van der Waals surface area contributed by atoms with E-state index in [1.165, 1.54) is 7.11 Å². The van der Waals surface area contributed by atoms with Crippen molar-refractivity contribution < 1.29 is 27.5 Å². The van der Waals surface area contributed by atoms with E-state index in [-0.39, 0.29) is 18.9 Å². The number of ether oxygens (including phenoxy) is 2. The number of nitrogens with one attached hydrogen (secondary N) is 1. The summed E-state index contributed by atoms with van der Waals surface area (Å²) in [5.74, 6) is -0.682. The van der Waals surface area contributed by atoms with Gasteiger partial charge in [0.2, 0.25) is 0 Å². The highest BCUT2D eigenvalue weighted by Crippen LogP contribution is 2.20. The fourth-order valence-corrected chi connectivity index (χ4v) is 3.70. The minimum Gasteiger partial charge on any atom is -0.468 e. The molecule has 1 rings (SSSR count). The van der Waals surface area contributed by atoms with E-state index in [0.717, 1.165) is 4.31 Å². The average Bonchev–Trinajstić information content (AvgIpc) is 2.55. The predicted molar refractivity (Wildman–Crippen MR) is 106 cm³/mol. The van der Waals surface area contributed by atoms with Crippen molar-refractivity contribution in [1.82, 2.24) is 9.03 Å². The van der Waals surface area contributed by atoms with Crippen molar-refractivity contribution in [3.05, 3.63) is 35.9 Å². The maximum absolute atomic E-state index is 13.0. The van der Waals surface area contributed by atoms with E-state index < -0.39 is 33.9 Å². The largest absolute Gasteiger partial charge is 0.468 e. The van der Waals surface area contributed by atoms with Crippen LogP contribution in [0, 0.1) is 5.92 Å². The lowest BCUT2D eigenvalue weighted by Crippen LogP contribution is -2.52. The Morgan fingerprint density at radius 3 is 2.18 bits per heavy atom. The van der Waals surface area contributed by atoms with Gasteiger partial charge in [0.05, 0.1) is 7.11 Å². The topological polar surface area (TPSA) is 102 Å². The summed E-state index contributed by atoms with van der Waals surface area (Å²) >= 11 is 0. The lowest BCUT2D eigenvalue weighted by Gasteiger charge is -2.30. The molecule has 8 nitrogen and oxygen atoms in total. The zero-order chi connectivity index (χ0) is 21.5. The first-order valence-electron chi connectivity index (χ1n) is 9.00. The molecule has 0 aliphatic rings. The number of hydrogen-bond donors (Lipinski definition) is 1. The van der Waals surface area contributed by atoms with Crippen molar-refractivity contribution in [1.29, 1.82) is 0 Å². The molecule has 1 aromatic carbocycles. The Morgan fingerprint density at radius 2 is 1.71 bits per heavy atom. The van der Waals surface area contributed by atoms with E-state index in [4.69, 9.17) is 9.47 Å². The summed E-state index contributed by atoms with van der Waals surface area (Å²) in [5.41, 5.74) is -0.210. The first kappa shape index (κ1) is 23.9. The van der Waals surface area contributed by atoms with Gasteiger partial charge in [-0.3, -0.25) is 4.79 Å². The summed E-state index contributed by atoms with van der Waals surface area (Å²) in [7, 11) is -3.19. The van der Waals surface area contributed by atoms with Crippen molar-refractivity contribution >= 4 is 22.3 Å². The molecule has 1 amide bonds. The van der Waals surface area contributed by atoms with E-state index in [9.17, 15) is 18.0 Å². The van der Waals surface area contributed by atoms with E-state index in [2.05, 4.69) is 0 Å². The van der Waals surface area contributed by atoms with Crippen LogP contribution in [0.3, 0.4) is 0 Å². The summed E-state index contributed by atoms with van der Waals surface area (Å²) in [5, 5.41) is 0. The molecule has 0 aliphatic carbocycles. The normalized spacial score (nSPS) is 13.3. The number of amides is 1. The molecule has 1 atom stereocenters. The zero-order valence-corrected chi connectivity index (χ0v) is 18.1. The third kappa shape index (κ3) is 7.85. The van der Waals surface area contributed by atoms with E-state index in [0.29, 0.717) is 5.56 Å². The van der Waals surface area contributed by atoms with Crippen LogP contribution in [0.25, 0.3) is 0 Å². The molecule has 9 heteroatoms. The van der Waals surface area contributed by atoms with Gasteiger partial charge in [0.1, 0.15) is 11.6 Å². The first-order valence-corrected chi connectivity index (χ1v) is 10.4. The zero-order valence-electron chi connectivity index (χ0n) is 17.3. The number of methoxy groups -OCH3 is 1. The number of nitrogens with zero attached hydrogens (tertiary/aromatic N) is 1. The van der Waals surface area contributed by atoms with Gasteiger partial charge in [-0.2, -0.15) is 12.7 Å². The van der Waals surface area contributed by atoms with Crippen LogP contribution in [-0.2, 0) is 31.0 Å². The summed E-state index contributed by atoms with van der Waals surface area (Å²) in [6.45, 7) is 8.49. The predicted octanol–water partition coefficient (Wildman–Crippen LogP) is 2.85. The molecule has 0 fully saturated rings. The van der Waals surface area contributed by atoms with Gasteiger partial charge < -0.3 is 9.47 Å². The van der Waals surface area contributed by atoms with Gasteiger partial charge in [0, 0.05) is 6.54 Å². The van der Waals surface area contributed by atoms with Gasteiger partial charge in [0.15, 0.2) is 0 Å². The Morgan fingerprint density at radius 1 is 1.14 bits per heavy atom. The number of esters is 1. The highest BCUT2D eigenvalue weighted by molar-refractivity contribution is 7.87. The van der Waals surface area contributed by atoms with Gasteiger partial charge in [-0.1, -0.05) is 44.2 Å². The van der Waals surface area contributed by atoms with Gasteiger partial charge >= 0.3 is 22.3 Å². The van der Waals surface area contributed by atoms with Crippen LogP contribution in [0.4, 0.5) is 4.79 Å². The first-order chi connectivity index (χ1) is 12.9. The van der Waals surface area contributed by atoms with Gasteiger partial charge in [-0.05, 0) is 38.7 Å². The number of carbonyl (C=O) groups excluding carboxylic acids is 2. The number of carbonyl (C=O) groups is 2. The molecule has 0 radical (unpaired) electrons. The number of hydrogen-bond acceptors (Lipinski definition) is 6. The smallest absolute Gasteiger partial charge is 0.422 e. The minimum absolute atomic E-state index is 0.0131. The molecule has 0 spiro atoms. The lowest BCUT2D eigenvalue weighted by atomic mass is 10.0. The molecule has 0 saturated carbocycles. The molecule has 1 N–H and O–H groups in total. The Balaban J connectivity index is 3.26. The molecule has 0 bridgehead atoms. The standard InChI is InChI=1S/C19H30N2O6S/c1-14(2)12-16(17(22)26-6)21(13-15-10-8-7-9-11-15)28(24,25)20-18(23)27-19(3,4)5/h7-11,14,16H,12-13H2,1-6H3,(H,20,23). The Kier molecular flexibility index (Phi) is 8.44. The molecule has 0 heterocycles. The van der Waals surface area contributed by atoms with Gasteiger partial charge in [-0.25, -0.2) is 9.52 Å². The third-order valence-electron chi connectivity index (χ3n) is 3.62. The average molecular weight is 415 g/mol. The summed E-state index contributed by atoms with van der Waals surface area (Å²) in [6.07, 6.45) is -0.881. The molecule has 0 aromatic heterocycles. The molecule has 0 aliphatic heterocycles. The summed E-state index contributed by atoms with van der Waals surface area (Å²) in [6, 6.07) is 7.70. The van der Waals surface area contributed by atoms with Crippen molar-refractivity contribution in [3.63, 3.8) is 0 Å². The maximum atomic E-state index is 13.0. The SMILES string of the molecule is COC(=O)C(CC(C)C)N(Cc1ccccc1)S(=O)(=O)NC(=O)OC(C)(C)C. The third-order valence-corrected chi connectivity index (χ3v) is 5.04. The van der Waals surface area contributed by atoms with Crippen LogP contribution in [0.15, 0.2) is 30.3 Å². The second-order valence-corrected chi connectivity index (χ2v) is 9.43. The number of benzene rings is 1. The molecule has 28 heavy (non-hydrogen) atoms. The Labute approximate surface area is 167 Å². The molecule has 158 valence electrons. The molecular weight excluding hydrogens is 384 g/mol. The van der Waals surface area contributed by atoms with Crippen LogP contribution in [0.2, 0.25) is 0 Å². The van der Waals surface area contributed by atoms with Crippen molar-refractivity contribution in [3.8, 4) is 0 Å². The van der Waals surface area contributed by atoms with E-state index >= 15 is 0 Å². The Bertz CT molecular complexity index is 756. The van der Waals surface area contributed by atoms with Crippen molar-refractivity contribution in [2.24, 2.45) is 5.92 Å². The molecule has 1 aromatic rings. The van der Waals surface area contributed by atoms with Crippen LogP contribution in [0.5, 0.6) is 0 Å².